The zero-order valence-electron chi connectivity index (χ0n) is 15.4. The molecule has 27 heavy (non-hydrogen) atoms. The zero-order valence-corrected chi connectivity index (χ0v) is 16.2. The van der Waals surface area contributed by atoms with E-state index in [4.69, 9.17) is 4.74 Å². The maximum absolute atomic E-state index is 13.7. The van der Waals surface area contributed by atoms with Gasteiger partial charge in [0.25, 0.3) is 0 Å². The molecule has 3 aliphatic rings. The maximum Gasteiger partial charge on any atom is 0.243 e. The molecule has 0 aromatic heterocycles. The summed E-state index contributed by atoms with van der Waals surface area (Å²) in [5.41, 5.74) is -0.0893. The van der Waals surface area contributed by atoms with Crippen molar-refractivity contribution in [3.05, 3.63) is 29.6 Å². The number of carbonyl (C=O) groups is 1. The molecule has 8 heteroatoms. The molecule has 1 aliphatic carbocycles. The Kier molecular flexibility index (Phi) is 4.76. The summed E-state index contributed by atoms with van der Waals surface area (Å²) in [4.78, 5) is 12.0. The molecule has 1 amide bonds. The van der Waals surface area contributed by atoms with E-state index in [-0.39, 0.29) is 29.8 Å². The summed E-state index contributed by atoms with van der Waals surface area (Å²) < 4.78 is 46.3. The van der Waals surface area contributed by atoms with Gasteiger partial charge in [-0.3, -0.25) is 4.79 Å². The molecule has 1 N–H and O–H groups in total. The number of halogens is 1. The predicted octanol–water partition coefficient (Wildman–Crippen LogP) is 1.83. The molecule has 6 nitrogen and oxygen atoms in total. The molecule has 1 spiro atoms. The lowest BCUT2D eigenvalue weighted by Crippen LogP contribution is -2.63. The molecular formula is C19H25FN2O4S. The molecule has 148 valence electrons. The van der Waals surface area contributed by atoms with Crippen LogP contribution in [0, 0.1) is 24.6 Å². The fourth-order valence-corrected chi connectivity index (χ4v) is 5.46. The van der Waals surface area contributed by atoms with Gasteiger partial charge < -0.3 is 10.1 Å². The molecule has 0 radical (unpaired) electrons. The predicted molar refractivity (Wildman–Crippen MR) is 97.0 cm³/mol. The number of sulfonamides is 1. The van der Waals surface area contributed by atoms with Gasteiger partial charge in [0.1, 0.15) is 5.82 Å². The molecule has 4 rings (SSSR count). The van der Waals surface area contributed by atoms with Gasteiger partial charge in [0, 0.05) is 26.1 Å². The van der Waals surface area contributed by atoms with Crippen molar-refractivity contribution in [2.75, 3.05) is 26.2 Å². The van der Waals surface area contributed by atoms with E-state index in [9.17, 15) is 17.6 Å². The van der Waals surface area contributed by atoms with Gasteiger partial charge in [0.05, 0.1) is 17.1 Å². The van der Waals surface area contributed by atoms with Crippen molar-refractivity contribution in [3.8, 4) is 0 Å². The van der Waals surface area contributed by atoms with E-state index in [2.05, 4.69) is 5.32 Å². The Labute approximate surface area is 159 Å². The van der Waals surface area contributed by atoms with Gasteiger partial charge in [-0.1, -0.05) is 6.07 Å². The second-order valence-electron chi connectivity index (χ2n) is 8.20. The summed E-state index contributed by atoms with van der Waals surface area (Å²) in [7, 11) is -3.72. The summed E-state index contributed by atoms with van der Waals surface area (Å²) in [6.45, 7) is 3.34. The van der Waals surface area contributed by atoms with Crippen molar-refractivity contribution in [1.29, 1.82) is 0 Å². The van der Waals surface area contributed by atoms with Crippen LogP contribution in [0.5, 0.6) is 0 Å². The summed E-state index contributed by atoms with van der Waals surface area (Å²) in [5, 5.41) is 2.96. The standard InChI is InChI=1S/C19H25FN2O4S/c1-13-2-5-16(7-17(13)20)27(24,25)22-11-19(12-22)8-15(10-26-19)6-18(23)21-9-14-3-4-14/h2,5,7,14-15H,3-4,6,8-12H2,1H3,(H,21,23). The van der Waals surface area contributed by atoms with Gasteiger partial charge in [-0.05, 0) is 55.7 Å². The highest BCUT2D eigenvalue weighted by atomic mass is 32.2. The van der Waals surface area contributed by atoms with Gasteiger partial charge in [0.15, 0.2) is 0 Å². The van der Waals surface area contributed by atoms with Crippen LogP contribution < -0.4 is 5.32 Å². The number of aryl methyl sites for hydroxylation is 1. The number of ether oxygens (including phenoxy) is 1. The van der Waals surface area contributed by atoms with E-state index in [0.717, 1.165) is 12.6 Å². The average molecular weight is 396 g/mol. The molecule has 1 unspecified atom stereocenters. The Hall–Kier alpha value is -1.51. The van der Waals surface area contributed by atoms with Crippen LogP contribution in [0.3, 0.4) is 0 Å². The van der Waals surface area contributed by atoms with E-state index in [0.29, 0.717) is 30.9 Å². The number of rotatable bonds is 6. The van der Waals surface area contributed by atoms with Crippen LogP contribution in [0.2, 0.25) is 0 Å². The Morgan fingerprint density at radius 3 is 2.74 bits per heavy atom. The first-order chi connectivity index (χ1) is 12.8. The van der Waals surface area contributed by atoms with Crippen molar-refractivity contribution in [3.63, 3.8) is 0 Å². The molecule has 2 heterocycles. The first kappa shape index (κ1) is 18.8. The topological polar surface area (TPSA) is 75.7 Å². The van der Waals surface area contributed by atoms with Crippen LogP contribution in [0.1, 0.15) is 31.2 Å². The third-order valence-electron chi connectivity index (χ3n) is 5.75. The van der Waals surface area contributed by atoms with Crippen LogP contribution >= 0.6 is 0 Å². The summed E-state index contributed by atoms with van der Waals surface area (Å²) >= 11 is 0. The number of hydrogen-bond donors (Lipinski definition) is 1. The number of nitrogens with one attached hydrogen (secondary N) is 1. The van der Waals surface area contributed by atoms with E-state index in [1.807, 2.05) is 0 Å². The van der Waals surface area contributed by atoms with Gasteiger partial charge in [-0.25, -0.2) is 12.8 Å². The Bertz CT molecular complexity index is 847. The van der Waals surface area contributed by atoms with Crippen LogP contribution in [-0.2, 0) is 19.6 Å². The Morgan fingerprint density at radius 2 is 2.07 bits per heavy atom. The van der Waals surface area contributed by atoms with Crippen molar-refractivity contribution in [1.82, 2.24) is 9.62 Å². The van der Waals surface area contributed by atoms with Gasteiger partial charge in [-0.15, -0.1) is 0 Å². The monoisotopic (exact) mass is 396 g/mol. The summed E-state index contributed by atoms with van der Waals surface area (Å²) in [6, 6.07) is 3.97. The van der Waals surface area contributed by atoms with Gasteiger partial charge in [0.2, 0.25) is 15.9 Å². The Morgan fingerprint density at radius 1 is 1.33 bits per heavy atom. The molecule has 1 atom stereocenters. The number of carbonyl (C=O) groups excluding carboxylic acids is 1. The lowest BCUT2D eigenvalue weighted by molar-refractivity contribution is -0.122. The maximum atomic E-state index is 13.7. The SMILES string of the molecule is Cc1ccc(S(=O)(=O)N2CC3(CC(CC(=O)NCC4CC4)CO3)C2)cc1F. The molecule has 1 aromatic rings. The number of benzene rings is 1. The van der Waals surface area contributed by atoms with Crippen LogP contribution in [0.15, 0.2) is 23.1 Å². The van der Waals surface area contributed by atoms with E-state index in [1.165, 1.54) is 29.3 Å². The quantitative estimate of drug-likeness (QED) is 0.796. The third kappa shape index (κ3) is 3.88. The smallest absolute Gasteiger partial charge is 0.243 e. The van der Waals surface area contributed by atoms with Crippen molar-refractivity contribution < 1.29 is 22.3 Å². The van der Waals surface area contributed by atoms with Crippen molar-refractivity contribution in [2.24, 2.45) is 11.8 Å². The first-order valence-electron chi connectivity index (χ1n) is 9.44. The minimum Gasteiger partial charge on any atom is -0.372 e. The largest absolute Gasteiger partial charge is 0.372 e. The molecule has 3 fully saturated rings. The van der Waals surface area contributed by atoms with Crippen LogP contribution in [-0.4, -0.2) is 50.5 Å². The molecule has 2 saturated heterocycles. The normalized spacial score (nSPS) is 24.7. The molecule has 1 saturated carbocycles. The van der Waals surface area contributed by atoms with E-state index in [1.54, 1.807) is 6.92 Å². The highest BCUT2D eigenvalue weighted by Crippen LogP contribution is 2.41. The minimum absolute atomic E-state index is 0.0329. The van der Waals surface area contributed by atoms with E-state index < -0.39 is 21.4 Å². The number of amides is 1. The molecule has 2 aliphatic heterocycles. The fourth-order valence-electron chi connectivity index (χ4n) is 3.85. The second-order valence-corrected chi connectivity index (χ2v) is 10.1. The Balaban J connectivity index is 1.31. The molecule has 1 aromatic carbocycles. The highest BCUT2D eigenvalue weighted by molar-refractivity contribution is 7.89. The summed E-state index contributed by atoms with van der Waals surface area (Å²) in [5.74, 6) is 0.287. The third-order valence-corrected chi connectivity index (χ3v) is 7.54. The fraction of sp³-hybridized carbons (Fsp3) is 0.632. The number of hydrogen-bond acceptors (Lipinski definition) is 4. The van der Waals surface area contributed by atoms with Crippen molar-refractivity contribution >= 4 is 15.9 Å². The average Bonchev–Trinajstić information content (AvgIpc) is 3.32. The van der Waals surface area contributed by atoms with Crippen LogP contribution in [0.4, 0.5) is 4.39 Å². The number of nitrogens with zero attached hydrogens (tertiary/aromatic N) is 1. The van der Waals surface area contributed by atoms with Gasteiger partial charge in [-0.2, -0.15) is 4.31 Å². The minimum atomic E-state index is -3.72. The highest BCUT2D eigenvalue weighted by Gasteiger charge is 2.53. The van der Waals surface area contributed by atoms with Crippen LogP contribution in [0.25, 0.3) is 0 Å². The second kappa shape index (κ2) is 6.83. The van der Waals surface area contributed by atoms with E-state index >= 15 is 0 Å². The van der Waals surface area contributed by atoms with Crippen molar-refractivity contribution in [2.45, 2.75) is 43.1 Å². The molecule has 0 bridgehead atoms. The van der Waals surface area contributed by atoms with Gasteiger partial charge >= 0.3 is 0 Å². The molecular weight excluding hydrogens is 371 g/mol. The summed E-state index contributed by atoms with van der Waals surface area (Å²) in [6.07, 6.45) is 3.50. The zero-order chi connectivity index (χ0) is 19.2. The lowest BCUT2D eigenvalue weighted by atomic mass is 9.87. The first-order valence-corrected chi connectivity index (χ1v) is 10.9. The lowest BCUT2D eigenvalue weighted by Gasteiger charge is -2.46.